The number of rotatable bonds is 6. The van der Waals surface area contributed by atoms with Crippen molar-refractivity contribution in [3.63, 3.8) is 0 Å². The first-order valence-corrected chi connectivity index (χ1v) is 9.86. The molecule has 2 atom stereocenters. The lowest BCUT2D eigenvalue weighted by atomic mass is 9.89. The molecule has 0 aromatic heterocycles. The average Bonchev–Trinajstić information content (AvgIpc) is 2.53. The van der Waals surface area contributed by atoms with Crippen molar-refractivity contribution in [2.45, 2.75) is 32.7 Å². The zero-order valence-corrected chi connectivity index (χ0v) is 14.6. The third-order valence-electron chi connectivity index (χ3n) is 4.55. The van der Waals surface area contributed by atoms with E-state index in [0.29, 0.717) is 12.5 Å². The van der Waals surface area contributed by atoms with E-state index in [-0.39, 0.29) is 17.5 Å². The van der Waals surface area contributed by atoms with E-state index in [0.717, 1.165) is 18.7 Å². The second-order valence-corrected chi connectivity index (χ2v) is 8.64. The summed E-state index contributed by atoms with van der Waals surface area (Å²) in [5, 5.41) is 0. The van der Waals surface area contributed by atoms with Crippen molar-refractivity contribution in [3.05, 3.63) is 29.8 Å². The smallest absolute Gasteiger partial charge is 0.151 e. The SMILES string of the molecule is CCS(=O)(=O)CCN1C[C@H](C)CC[C@H]1c1ccccc1OC. The first kappa shape index (κ1) is 17.3. The van der Waals surface area contributed by atoms with Crippen LogP contribution in [0.15, 0.2) is 24.3 Å². The molecule has 0 aliphatic carbocycles. The highest BCUT2D eigenvalue weighted by atomic mass is 32.2. The van der Waals surface area contributed by atoms with Crippen LogP contribution in [0.5, 0.6) is 5.75 Å². The van der Waals surface area contributed by atoms with E-state index in [1.807, 2.05) is 18.2 Å². The van der Waals surface area contributed by atoms with Crippen LogP contribution in [-0.2, 0) is 9.84 Å². The first-order valence-electron chi connectivity index (χ1n) is 8.04. The summed E-state index contributed by atoms with van der Waals surface area (Å²) in [5.41, 5.74) is 1.17. The number of para-hydroxylation sites is 1. The maximum absolute atomic E-state index is 11.8. The van der Waals surface area contributed by atoms with Crippen molar-refractivity contribution in [3.8, 4) is 5.75 Å². The van der Waals surface area contributed by atoms with Gasteiger partial charge >= 0.3 is 0 Å². The summed E-state index contributed by atoms with van der Waals surface area (Å²) in [6.07, 6.45) is 2.22. The minimum Gasteiger partial charge on any atom is -0.496 e. The summed E-state index contributed by atoms with van der Waals surface area (Å²) < 4.78 is 29.2. The number of likely N-dealkylation sites (tertiary alicyclic amines) is 1. The van der Waals surface area contributed by atoms with E-state index in [1.54, 1.807) is 14.0 Å². The van der Waals surface area contributed by atoms with Crippen LogP contribution in [0.25, 0.3) is 0 Å². The van der Waals surface area contributed by atoms with Gasteiger partial charge in [0.1, 0.15) is 5.75 Å². The molecule has 1 aliphatic heterocycles. The monoisotopic (exact) mass is 325 g/mol. The normalized spacial score (nSPS) is 23.4. The summed E-state index contributed by atoms with van der Waals surface area (Å²) in [6.45, 7) is 5.50. The van der Waals surface area contributed by atoms with Crippen molar-refractivity contribution >= 4 is 9.84 Å². The second kappa shape index (κ2) is 7.47. The van der Waals surface area contributed by atoms with Gasteiger partial charge in [0, 0.05) is 30.4 Å². The van der Waals surface area contributed by atoms with Gasteiger partial charge in [0.2, 0.25) is 0 Å². The summed E-state index contributed by atoms with van der Waals surface area (Å²) >= 11 is 0. The third kappa shape index (κ3) is 4.23. The lowest BCUT2D eigenvalue weighted by Crippen LogP contribution is -2.40. The van der Waals surface area contributed by atoms with Crippen molar-refractivity contribution in [2.75, 3.05) is 31.7 Å². The molecule has 0 saturated carbocycles. The number of piperidine rings is 1. The van der Waals surface area contributed by atoms with Crippen LogP contribution in [0.4, 0.5) is 0 Å². The zero-order chi connectivity index (χ0) is 16.2. The number of ether oxygens (including phenoxy) is 1. The molecule has 2 rings (SSSR count). The van der Waals surface area contributed by atoms with Gasteiger partial charge in [-0.3, -0.25) is 4.90 Å². The van der Waals surface area contributed by atoms with Gasteiger partial charge in [0.25, 0.3) is 0 Å². The van der Waals surface area contributed by atoms with Gasteiger partial charge in [-0.15, -0.1) is 0 Å². The van der Waals surface area contributed by atoms with Gasteiger partial charge in [-0.1, -0.05) is 32.0 Å². The molecule has 1 aliphatic rings. The molecular formula is C17H27NO3S. The zero-order valence-electron chi connectivity index (χ0n) is 13.8. The molecule has 0 spiro atoms. The topological polar surface area (TPSA) is 46.6 Å². The Hall–Kier alpha value is -1.07. The molecule has 5 heteroatoms. The van der Waals surface area contributed by atoms with Gasteiger partial charge in [-0.25, -0.2) is 8.42 Å². The highest BCUT2D eigenvalue weighted by molar-refractivity contribution is 7.91. The fraction of sp³-hybridized carbons (Fsp3) is 0.647. The van der Waals surface area contributed by atoms with E-state index >= 15 is 0 Å². The second-order valence-electron chi connectivity index (χ2n) is 6.17. The Kier molecular flexibility index (Phi) is 5.87. The van der Waals surface area contributed by atoms with E-state index < -0.39 is 9.84 Å². The molecule has 1 aromatic carbocycles. The van der Waals surface area contributed by atoms with E-state index in [9.17, 15) is 8.42 Å². The Morgan fingerprint density at radius 3 is 2.68 bits per heavy atom. The van der Waals surface area contributed by atoms with E-state index in [2.05, 4.69) is 17.9 Å². The Morgan fingerprint density at radius 2 is 2.00 bits per heavy atom. The van der Waals surface area contributed by atoms with Crippen LogP contribution in [0.2, 0.25) is 0 Å². The molecule has 124 valence electrons. The molecule has 0 radical (unpaired) electrons. The molecule has 0 amide bonds. The van der Waals surface area contributed by atoms with E-state index in [1.165, 1.54) is 12.0 Å². The summed E-state index contributed by atoms with van der Waals surface area (Å²) in [5.74, 6) is 1.96. The molecule has 0 N–H and O–H groups in total. The third-order valence-corrected chi connectivity index (χ3v) is 6.23. The fourth-order valence-electron chi connectivity index (χ4n) is 3.19. The maximum atomic E-state index is 11.8. The number of hydrogen-bond acceptors (Lipinski definition) is 4. The van der Waals surface area contributed by atoms with Crippen LogP contribution >= 0.6 is 0 Å². The summed E-state index contributed by atoms with van der Waals surface area (Å²) in [7, 11) is -1.24. The molecular weight excluding hydrogens is 298 g/mol. The predicted molar refractivity (Wildman–Crippen MR) is 90.0 cm³/mol. The molecule has 4 nitrogen and oxygen atoms in total. The largest absolute Gasteiger partial charge is 0.496 e. The number of nitrogens with zero attached hydrogens (tertiary/aromatic N) is 1. The highest BCUT2D eigenvalue weighted by Crippen LogP contribution is 2.37. The quantitative estimate of drug-likeness (QED) is 0.807. The van der Waals surface area contributed by atoms with Crippen molar-refractivity contribution in [1.29, 1.82) is 0 Å². The molecule has 0 bridgehead atoms. The van der Waals surface area contributed by atoms with Gasteiger partial charge in [-0.2, -0.15) is 0 Å². The fourth-order valence-corrected chi connectivity index (χ4v) is 3.99. The number of hydrogen-bond donors (Lipinski definition) is 0. The van der Waals surface area contributed by atoms with Crippen molar-refractivity contribution in [2.24, 2.45) is 5.92 Å². The van der Waals surface area contributed by atoms with Gasteiger partial charge in [-0.05, 0) is 24.8 Å². The highest BCUT2D eigenvalue weighted by Gasteiger charge is 2.29. The van der Waals surface area contributed by atoms with Crippen LogP contribution < -0.4 is 4.74 Å². The Morgan fingerprint density at radius 1 is 1.27 bits per heavy atom. The minimum absolute atomic E-state index is 0.218. The number of sulfone groups is 1. The maximum Gasteiger partial charge on any atom is 0.151 e. The Balaban J connectivity index is 2.19. The van der Waals surface area contributed by atoms with Crippen LogP contribution in [-0.4, -0.2) is 45.0 Å². The lowest BCUT2D eigenvalue weighted by molar-refractivity contribution is 0.119. The number of benzene rings is 1. The molecule has 0 unspecified atom stereocenters. The molecule has 1 aromatic rings. The van der Waals surface area contributed by atoms with Crippen LogP contribution in [0.3, 0.4) is 0 Å². The summed E-state index contributed by atoms with van der Waals surface area (Å²) in [6, 6.07) is 8.32. The Labute approximate surface area is 134 Å². The van der Waals surface area contributed by atoms with Gasteiger partial charge in [0.05, 0.1) is 12.9 Å². The predicted octanol–water partition coefficient (Wildman–Crippen LogP) is 2.90. The summed E-state index contributed by atoms with van der Waals surface area (Å²) in [4.78, 5) is 2.32. The molecule has 1 heterocycles. The molecule has 22 heavy (non-hydrogen) atoms. The standard InChI is InChI=1S/C17H27NO3S/c1-4-22(19,20)12-11-18-13-14(2)9-10-16(18)15-7-5-6-8-17(15)21-3/h5-8,14,16H,4,9-13H2,1-3H3/t14-,16+/m1/s1. The molecule has 1 saturated heterocycles. The lowest BCUT2D eigenvalue weighted by Gasteiger charge is -2.39. The van der Waals surface area contributed by atoms with Crippen LogP contribution in [0, 0.1) is 5.92 Å². The first-order chi connectivity index (χ1) is 10.5. The van der Waals surface area contributed by atoms with Crippen molar-refractivity contribution in [1.82, 2.24) is 4.90 Å². The molecule has 1 fully saturated rings. The van der Waals surface area contributed by atoms with Gasteiger partial charge < -0.3 is 4.74 Å². The number of methoxy groups -OCH3 is 1. The van der Waals surface area contributed by atoms with Crippen molar-refractivity contribution < 1.29 is 13.2 Å². The Bertz CT molecular complexity index is 585. The van der Waals surface area contributed by atoms with Gasteiger partial charge in [0.15, 0.2) is 9.84 Å². The van der Waals surface area contributed by atoms with Crippen LogP contribution in [0.1, 0.15) is 38.3 Å². The average molecular weight is 325 g/mol. The minimum atomic E-state index is -2.93. The van der Waals surface area contributed by atoms with E-state index in [4.69, 9.17) is 4.74 Å².